The maximum absolute atomic E-state index is 12.2. The highest BCUT2D eigenvalue weighted by Crippen LogP contribution is 2.25. The van der Waals surface area contributed by atoms with Crippen molar-refractivity contribution in [1.29, 1.82) is 0 Å². The molecule has 2 unspecified atom stereocenters. The topological polar surface area (TPSA) is 69.6 Å². The van der Waals surface area contributed by atoms with E-state index in [-0.39, 0.29) is 11.8 Å². The molecule has 6 nitrogen and oxygen atoms in total. The minimum absolute atomic E-state index is 0.127. The SMILES string of the molecule is CN=C(NCCc1sc(C)nc1C)NC1CCCC(C(=O)N(C)C)C1. The van der Waals surface area contributed by atoms with E-state index in [4.69, 9.17) is 0 Å². The molecule has 25 heavy (non-hydrogen) atoms. The van der Waals surface area contributed by atoms with Gasteiger partial charge in [0.2, 0.25) is 5.91 Å². The average molecular weight is 366 g/mol. The summed E-state index contributed by atoms with van der Waals surface area (Å²) in [6, 6.07) is 0.307. The number of hydrogen-bond acceptors (Lipinski definition) is 4. The van der Waals surface area contributed by atoms with E-state index in [1.165, 1.54) is 4.88 Å². The zero-order chi connectivity index (χ0) is 18.4. The van der Waals surface area contributed by atoms with E-state index in [2.05, 4.69) is 27.5 Å². The monoisotopic (exact) mass is 365 g/mol. The molecular weight excluding hydrogens is 334 g/mol. The molecule has 7 heteroatoms. The minimum Gasteiger partial charge on any atom is -0.356 e. The van der Waals surface area contributed by atoms with Crippen molar-refractivity contribution in [3.8, 4) is 0 Å². The van der Waals surface area contributed by atoms with Crippen LogP contribution in [0.2, 0.25) is 0 Å². The summed E-state index contributed by atoms with van der Waals surface area (Å²) < 4.78 is 0. The Morgan fingerprint density at radius 3 is 2.72 bits per heavy atom. The van der Waals surface area contributed by atoms with Crippen LogP contribution in [0.1, 0.15) is 41.3 Å². The van der Waals surface area contributed by atoms with E-state index < -0.39 is 0 Å². The van der Waals surface area contributed by atoms with Gasteiger partial charge in [-0.1, -0.05) is 6.42 Å². The number of thiazole rings is 1. The Labute approximate surface area is 155 Å². The normalized spacial score (nSPS) is 21.1. The molecule has 1 aliphatic rings. The standard InChI is InChI=1S/C18H31N5OS/c1-12-16(25-13(2)21-12)9-10-20-18(19-3)22-15-8-6-7-14(11-15)17(24)23(4)5/h14-15H,6-11H2,1-5H3,(H2,19,20,22). The van der Waals surface area contributed by atoms with E-state index in [0.717, 1.165) is 55.3 Å². The smallest absolute Gasteiger partial charge is 0.225 e. The molecule has 140 valence electrons. The van der Waals surface area contributed by atoms with Gasteiger partial charge in [-0.15, -0.1) is 11.3 Å². The molecule has 0 radical (unpaired) electrons. The van der Waals surface area contributed by atoms with Crippen molar-refractivity contribution >= 4 is 23.2 Å². The van der Waals surface area contributed by atoms with Crippen LogP contribution >= 0.6 is 11.3 Å². The maximum atomic E-state index is 12.2. The Kier molecular flexibility index (Phi) is 7.23. The molecule has 1 aliphatic carbocycles. The molecule has 0 aliphatic heterocycles. The molecular formula is C18H31N5OS. The van der Waals surface area contributed by atoms with Crippen LogP contribution in [0.25, 0.3) is 0 Å². The van der Waals surface area contributed by atoms with E-state index in [1.807, 2.05) is 21.0 Å². The van der Waals surface area contributed by atoms with E-state index in [1.54, 1.807) is 23.3 Å². The number of nitrogens with zero attached hydrogens (tertiary/aromatic N) is 3. The van der Waals surface area contributed by atoms with Gasteiger partial charge in [-0.2, -0.15) is 0 Å². The molecule has 0 aromatic carbocycles. The molecule has 2 atom stereocenters. The van der Waals surface area contributed by atoms with Crippen LogP contribution in [-0.2, 0) is 11.2 Å². The summed E-state index contributed by atoms with van der Waals surface area (Å²) in [6.07, 6.45) is 4.99. The number of aliphatic imine (C=N–C) groups is 1. The molecule has 0 saturated heterocycles. The Balaban J connectivity index is 1.81. The summed E-state index contributed by atoms with van der Waals surface area (Å²) in [6.45, 7) is 4.94. The van der Waals surface area contributed by atoms with Gasteiger partial charge in [0.1, 0.15) is 0 Å². The second-order valence-corrected chi connectivity index (χ2v) is 8.22. The fourth-order valence-corrected chi connectivity index (χ4v) is 4.33. The van der Waals surface area contributed by atoms with Gasteiger partial charge in [0.05, 0.1) is 10.7 Å². The van der Waals surface area contributed by atoms with Gasteiger partial charge in [-0.3, -0.25) is 9.79 Å². The average Bonchev–Trinajstić information content (AvgIpc) is 2.90. The van der Waals surface area contributed by atoms with Crippen molar-refractivity contribution < 1.29 is 4.79 Å². The van der Waals surface area contributed by atoms with Crippen molar-refractivity contribution in [2.45, 2.75) is 52.0 Å². The van der Waals surface area contributed by atoms with Crippen molar-refractivity contribution in [2.24, 2.45) is 10.9 Å². The van der Waals surface area contributed by atoms with Crippen molar-refractivity contribution in [3.05, 3.63) is 15.6 Å². The third-order valence-electron chi connectivity index (χ3n) is 4.67. The van der Waals surface area contributed by atoms with Crippen LogP contribution in [0.4, 0.5) is 0 Å². The highest BCUT2D eigenvalue weighted by molar-refractivity contribution is 7.11. The van der Waals surface area contributed by atoms with Crippen molar-refractivity contribution in [3.63, 3.8) is 0 Å². The highest BCUT2D eigenvalue weighted by Gasteiger charge is 2.28. The Hall–Kier alpha value is -1.63. The largest absolute Gasteiger partial charge is 0.356 e. The Morgan fingerprint density at radius 1 is 1.36 bits per heavy atom. The number of nitrogens with one attached hydrogen (secondary N) is 2. The molecule has 1 fully saturated rings. The first-order chi connectivity index (χ1) is 11.9. The molecule has 0 bridgehead atoms. The lowest BCUT2D eigenvalue weighted by Gasteiger charge is -2.31. The van der Waals surface area contributed by atoms with Gasteiger partial charge in [0.25, 0.3) is 0 Å². The van der Waals surface area contributed by atoms with Gasteiger partial charge < -0.3 is 15.5 Å². The first-order valence-corrected chi connectivity index (χ1v) is 9.83. The number of carbonyl (C=O) groups excluding carboxylic acids is 1. The third kappa shape index (κ3) is 5.70. The number of amides is 1. The lowest BCUT2D eigenvalue weighted by atomic mass is 9.85. The van der Waals surface area contributed by atoms with Crippen molar-refractivity contribution in [1.82, 2.24) is 20.5 Å². The van der Waals surface area contributed by atoms with E-state index in [0.29, 0.717) is 6.04 Å². The zero-order valence-electron chi connectivity index (χ0n) is 16.1. The molecule has 1 saturated carbocycles. The number of aromatic nitrogens is 1. The number of aryl methyl sites for hydroxylation is 2. The van der Waals surface area contributed by atoms with Crippen LogP contribution in [0.15, 0.2) is 4.99 Å². The van der Waals surface area contributed by atoms with Crippen LogP contribution in [0.5, 0.6) is 0 Å². The van der Waals surface area contributed by atoms with Gasteiger partial charge in [0.15, 0.2) is 5.96 Å². The first-order valence-electron chi connectivity index (χ1n) is 9.02. The molecule has 1 aromatic heterocycles. The Morgan fingerprint density at radius 2 is 2.12 bits per heavy atom. The summed E-state index contributed by atoms with van der Waals surface area (Å²) in [5, 5.41) is 8.00. The molecule has 1 aromatic rings. The van der Waals surface area contributed by atoms with Crippen LogP contribution in [0, 0.1) is 19.8 Å². The Bertz CT molecular complexity index is 611. The third-order valence-corrected chi connectivity index (χ3v) is 5.81. The molecule has 1 heterocycles. The van der Waals surface area contributed by atoms with Gasteiger partial charge in [-0.05, 0) is 33.1 Å². The molecule has 0 spiro atoms. The molecule has 2 N–H and O–H groups in total. The lowest BCUT2D eigenvalue weighted by molar-refractivity contribution is -0.134. The van der Waals surface area contributed by atoms with Gasteiger partial charge in [-0.25, -0.2) is 4.98 Å². The maximum Gasteiger partial charge on any atom is 0.225 e. The predicted molar refractivity (Wildman–Crippen MR) is 104 cm³/mol. The minimum atomic E-state index is 0.127. The lowest BCUT2D eigenvalue weighted by Crippen LogP contribution is -2.47. The first kappa shape index (κ1) is 19.7. The number of guanidine groups is 1. The molecule has 2 rings (SSSR count). The van der Waals surface area contributed by atoms with Crippen LogP contribution in [0.3, 0.4) is 0 Å². The number of hydrogen-bond donors (Lipinski definition) is 2. The number of rotatable bonds is 5. The summed E-state index contributed by atoms with van der Waals surface area (Å²) >= 11 is 1.76. The molecule has 1 amide bonds. The van der Waals surface area contributed by atoms with E-state index >= 15 is 0 Å². The zero-order valence-corrected chi connectivity index (χ0v) is 16.9. The van der Waals surface area contributed by atoms with Crippen LogP contribution in [-0.4, -0.2) is 55.5 Å². The van der Waals surface area contributed by atoms with Crippen molar-refractivity contribution in [2.75, 3.05) is 27.7 Å². The second kappa shape index (κ2) is 9.17. The summed E-state index contributed by atoms with van der Waals surface area (Å²) in [7, 11) is 5.47. The fourth-order valence-electron chi connectivity index (χ4n) is 3.40. The second-order valence-electron chi connectivity index (χ2n) is 6.93. The summed E-state index contributed by atoms with van der Waals surface area (Å²) in [4.78, 5) is 24.0. The van der Waals surface area contributed by atoms with Gasteiger partial charge in [0, 0.05) is 50.9 Å². The highest BCUT2D eigenvalue weighted by atomic mass is 32.1. The quantitative estimate of drug-likeness (QED) is 0.619. The van der Waals surface area contributed by atoms with E-state index in [9.17, 15) is 4.79 Å². The van der Waals surface area contributed by atoms with Gasteiger partial charge >= 0.3 is 0 Å². The van der Waals surface area contributed by atoms with Crippen LogP contribution < -0.4 is 10.6 Å². The summed E-state index contributed by atoms with van der Waals surface area (Å²) in [5.74, 6) is 1.19. The fraction of sp³-hybridized carbons (Fsp3) is 0.722. The predicted octanol–water partition coefficient (Wildman–Crippen LogP) is 2.11. The summed E-state index contributed by atoms with van der Waals surface area (Å²) in [5.41, 5.74) is 1.13. The number of carbonyl (C=O) groups is 1.